The van der Waals surface area contributed by atoms with E-state index >= 15 is 0 Å². The Morgan fingerprint density at radius 1 is 1.17 bits per heavy atom. The van der Waals surface area contributed by atoms with Gasteiger partial charge < -0.3 is 10.1 Å². The van der Waals surface area contributed by atoms with Crippen molar-refractivity contribution in [1.29, 1.82) is 0 Å². The van der Waals surface area contributed by atoms with E-state index in [2.05, 4.69) is 30.8 Å². The van der Waals surface area contributed by atoms with Gasteiger partial charge in [-0.2, -0.15) is 0 Å². The molecule has 2 N–H and O–H groups in total. The van der Waals surface area contributed by atoms with Crippen molar-refractivity contribution in [2.45, 2.75) is 63.8 Å². The van der Waals surface area contributed by atoms with E-state index in [1.165, 1.54) is 31.3 Å². The minimum atomic E-state index is -3.66. The molecule has 0 bridgehead atoms. The van der Waals surface area contributed by atoms with Crippen LogP contribution in [0.3, 0.4) is 0 Å². The van der Waals surface area contributed by atoms with E-state index in [0.717, 1.165) is 32.1 Å². The second kappa shape index (κ2) is 9.71. The molecule has 0 aliphatic heterocycles. The molecule has 29 heavy (non-hydrogen) atoms. The van der Waals surface area contributed by atoms with Crippen LogP contribution in [0.2, 0.25) is 0 Å². The topological polar surface area (TPSA) is 102 Å². The molecule has 8 heteroatoms. The van der Waals surface area contributed by atoms with Crippen LogP contribution >= 0.6 is 0 Å². The molecule has 0 aromatic heterocycles. The standard InChI is InChI=1S/C21H32N2O5S/c1-5-21(2,3)16-9-11-17(12-10-16)23-19(24)14-28-20(25)15-7-6-8-18(13-15)29(26,27)22-4/h6-8,13,16-17,22H,5,9-12,14H2,1-4H3,(H,23,24). The van der Waals surface area contributed by atoms with Crippen LogP contribution < -0.4 is 10.0 Å². The Hall–Kier alpha value is -1.93. The molecule has 1 aromatic carbocycles. The number of amides is 1. The summed E-state index contributed by atoms with van der Waals surface area (Å²) in [6.45, 7) is 6.42. The van der Waals surface area contributed by atoms with E-state index in [0.29, 0.717) is 11.3 Å². The lowest BCUT2D eigenvalue weighted by Gasteiger charge is -2.39. The molecule has 0 radical (unpaired) electrons. The molecule has 2 rings (SSSR count). The van der Waals surface area contributed by atoms with Gasteiger partial charge >= 0.3 is 5.97 Å². The molecular weight excluding hydrogens is 392 g/mol. The number of ether oxygens (including phenoxy) is 1. The summed E-state index contributed by atoms with van der Waals surface area (Å²) in [4.78, 5) is 24.3. The molecule has 1 aliphatic carbocycles. The van der Waals surface area contributed by atoms with Gasteiger partial charge in [-0.05, 0) is 62.3 Å². The number of nitrogens with one attached hydrogen (secondary N) is 2. The van der Waals surface area contributed by atoms with Crippen molar-refractivity contribution in [2.24, 2.45) is 11.3 Å². The van der Waals surface area contributed by atoms with Gasteiger partial charge in [0.1, 0.15) is 0 Å². The Kier molecular flexibility index (Phi) is 7.82. The van der Waals surface area contributed by atoms with Crippen molar-refractivity contribution >= 4 is 21.9 Å². The number of benzene rings is 1. The molecule has 0 atom stereocenters. The second-order valence-electron chi connectivity index (χ2n) is 8.27. The first-order chi connectivity index (χ1) is 13.6. The van der Waals surface area contributed by atoms with Gasteiger partial charge in [-0.25, -0.2) is 17.9 Å². The average molecular weight is 425 g/mol. The summed E-state index contributed by atoms with van der Waals surface area (Å²) in [7, 11) is -2.37. The van der Waals surface area contributed by atoms with E-state index in [1.54, 1.807) is 0 Å². The maximum atomic E-state index is 12.2. The maximum Gasteiger partial charge on any atom is 0.338 e. The molecule has 0 saturated heterocycles. The highest BCUT2D eigenvalue weighted by Crippen LogP contribution is 2.40. The van der Waals surface area contributed by atoms with Crippen LogP contribution in [0.4, 0.5) is 0 Å². The summed E-state index contributed by atoms with van der Waals surface area (Å²) < 4.78 is 30.9. The zero-order valence-corrected chi connectivity index (χ0v) is 18.5. The monoisotopic (exact) mass is 424 g/mol. The largest absolute Gasteiger partial charge is 0.452 e. The fourth-order valence-corrected chi connectivity index (χ4v) is 4.48. The van der Waals surface area contributed by atoms with Gasteiger partial charge in [0.2, 0.25) is 10.0 Å². The van der Waals surface area contributed by atoms with Gasteiger partial charge in [-0.3, -0.25) is 4.79 Å². The third-order valence-corrected chi connectivity index (χ3v) is 7.50. The van der Waals surface area contributed by atoms with E-state index in [-0.39, 0.29) is 29.0 Å². The molecule has 0 heterocycles. The Morgan fingerprint density at radius 2 is 1.83 bits per heavy atom. The summed E-state index contributed by atoms with van der Waals surface area (Å²) in [5.41, 5.74) is 0.399. The number of hydrogen-bond acceptors (Lipinski definition) is 5. The Balaban J connectivity index is 1.83. The fraction of sp³-hybridized carbons (Fsp3) is 0.619. The van der Waals surface area contributed by atoms with Crippen molar-refractivity contribution in [3.8, 4) is 0 Å². The van der Waals surface area contributed by atoms with Gasteiger partial charge in [0.25, 0.3) is 5.91 Å². The first-order valence-electron chi connectivity index (χ1n) is 10.1. The second-order valence-corrected chi connectivity index (χ2v) is 10.2. The Morgan fingerprint density at radius 3 is 2.41 bits per heavy atom. The fourth-order valence-electron chi connectivity index (χ4n) is 3.70. The van der Waals surface area contributed by atoms with Crippen molar-refractivity contribution in [1.82, 2.24) is 10.0 Å². The minimum absolute atomic E-state index is 0.0364. The third-order valence-electron chi connectivity index (χ3n) is 6.09. The Bertz CT molecular complexity index is 827. The van der Waals surface area contributed by atoms with Crippen LogP contribution in [0.15, 0.2) is 29.2 Å². The quantitative estimate of drug-likeness (QED) is 0.625. The summed E-state index contributed by atoms with van der Waals surface area (Å²) in [5.74, 6) is -0.406. The molecule has 1 fully saturated rings. The SMILES string of the molecule is CCC(C)(C)C1CCC(NC(=O)COC(=O)c2cccc(S(=O)(=O)NC)c2)CC1. The molecule has 7 nitrogen and oxygen atoms in total. The van der Waals surface area contributed by atoms with Crippen molar-refractivity contribution in [2.75, 3.05) is 13.7 Å². The van der Waals surface area contributed by atoms with Gasteiger partial charge in [0.05, 0.1) is 10.5 Å². The van der Waals surface area contributed by atoms with Gasteiger partial charge in [0, 0.05) is 6.04 Å². The van der Waals surface area contributed by atoms with Crippen LogP contribution in [-0.4, -0.2) is 40.0 Å². The number of rotatable bonds is 8. The van der Waals surface area contributed by atoms with Crippen molar-refractivity contribution < 1.29 is 22.7 Å². The average Bonchev–Trinajstić information content (AvgIpc) is 2.72. The maximum absolute atomic E-state index is 12.2. The highest BCUT2D eigenvalue weighted by Gasteiger charge is 2.32. The molecule has 1 aliphatic rings. The number of carbonyl (C=O) groups excluding carboxylic acids is 2. The molecule has 1 amide bonds. The normalized spacial score (nSPS) is 20.1. The van der Waals surface area contributed by atoms with E-state index in [1.807, 2.05) is 0 Å². The van der Waals surface area contributed by atoms with Crippen molar-refractivity contribution in [3.63, 3.8) is 0 Å². The van der Waals surface area contributed by atoms with Crippen LogP contribution in [0.5, 0.6) is 0 Å². The minimum Gasteiger partial charge on any atom is -0.452 e. The Labute approximate surface area is 173 Å². The van der Waals surface area contributed by atoms with Crippen LogP contribution in [0.25, 0.3) is 0 Å². The van der Waals surface area contributed by atoms with Crippen LogP contribution in [0.1, 0.15) is 63.2 Å². The zero-order valence-electron chi connectivity index (χ0n) is 17.7. The highest BCUT2D eigenvalue weighted by atomic mass is 32.2. The molecule has 162 valence electrons. The van der Waals surface area contributed by atoms with Gasteiger partial charge in [0.15, 0.2) is 6.61 Å². The molecule has 0 spiro atoms. The summed E-state index contributed by atoms with van der Waals surface area (Å²) in [5, 5.41) is 2.94. The lowest BCUT2D eigenvalue weighted by molar-refractivity contribution is -0.125. The summed E-state index contributed by atoms with van der Waals surface area (Å²) >= 11 is 0. The highest BCUT2D eigenvalue weighted by molar-refractivity contribution is 7.89. The predicted molar refractivity (Wildman–Crippen MR) is 111 cm³/mol. The first-order valence-corrected chi connectivity index (χ1v) is 11.6. The van der Waals surface area contributed by atoms with E-state index in [9.17, 15) is 18.0 Å². The van der Waals surface area contributed by atoms with Crippen LogP contribution in [-0.2, 0) is 19.6 Å². The molecule has 1 aromatic rings. The van der Waals surface area contributed by atoms with Gasteiger partial charge in [-0.15, -0.1) is 0 Å². The number of esters is 1. The third kappa shape index (κ3) is 6.27. The van der Waals surface area contributed by atoms with E-state index < -0.39 is 16.0 Å². The van der Waals surface area contributed by atoms with Gasteiger partial charge in [-0.1, -0.05) is 33.3 Å². The molecule has 0 unspecified atom stereocenters. The molecular formula is C21H32N2O5S. The lowest BCUT2D eigenvalue weighted by Crippen LogP contribution is -2.41. The first kappa shape index (κ1) is 23.3. The lowest BCUT2D eigenvalue weighted by atomic mass is 9.69. The van der Waals surface area contributed by atoms with Crippen LogP contribution in [0, 0.1) is 11.3 Å². The number of hydrogen-bond donors (Lipinski definition) is 2. The number of sulfonamides is 1. The summed E-state index contributed by atoms with van der Waals surface area (Å²) in [6.07, 6.45) is 5.16. The zero-order chi connectivity index (χ0) is 21.7. The van der Waals surface area contributed by atoms with Crippen molar-refractivity contribution in [3.05, 3.63) is 29.8 Å². The predicted octanol–water partition coefficient (Wildman–Crippen LogP) is 2.86. The van der Waals surface area contributed by atoms with E-state index in [4.69, 9.17) is 4.74 Å². The summed E-state index contributed by atoms with van der Waals surface area (Å²) in [6, 6.07) is 5.62. The smallest absolute Gasteiger partial charge is 0.338 e. The molecule has 1 saturated carbocycles. The number of carbonyl (C=O) groups is 2.